The zero-order valence-electron chi connectivity index (χ0n) is 6.01. The minimum absolute atomic E-state index is 0.598. The minimum atomic E-state index is 0.598. The number of nitrogens with zero attached hydrogens (tertiary/aromatic N) is 4. The van der Waals surface area contributed by atoms with E-state index in [-0.39, 0.29) is 0 Å². The van der Waals surface area contributed by atoms with Crippen molar-refractivity contribution in [3.63, 3.8) is 0 Å². The lowest BCUT2D eigenvalue weighted by atomic mass is 11.6. The van der Waals surface area contributed by atoms with Gasteiger partial charge in [-0.05, 0) is 0 Å². The van der Waals surface area contributed by atoms with Gasteiger partial charge in [-0.2, -0.15) is 16.6 Å². The van der Waals surface area contributed by atoms with E-state index in [1.165, 1.54) is 0 Å². The molecule has 0 bridgehead atoms. The lowest BCUT2D eigenvalue weighted by Crippen LogP contribution is -2.50. The van der Waals surface area contributed by atoms with Gasteiger partial charge in [-0.3, -0.25) is 0 Å². The summed E-state index contributed by atoms with van der Waals surface area (Å²) in [5.41, 5.74) is 5.72. The fourth-order valence-corrected chi connectivity index (χ4v) is 0.278. The Balaban J connectivity index is 4.07. The summed E-state index contributed by atoms with van der Waals surface area (Å²) in [7, 11) is 0. The predicted molar refractivity (Wildman–Crippen MR) is 35.6 cm³/mol. The van der Waals surface area contributed by atoms with Crippen molar-refractivity contribution in [2.24, 2.45) is 15.3 Å². The summed E-state index contributed by atoms with van der Waals surface area (Å²) in [6.07, 6.45) is 3.34. The molecule has 0 unspecified atom stereocenters. The van der Waals surface area contributed by atoms with E-state index in [9.17, 15) is 14.4 Å². The highest BCUT2D eigenvalue weighted by atomic mass is 16.1. The van der Waals surface area contributed by atoms with Crippen molar-refractivity contribution in [2.75, 3.05) is 0 Å². The summed E-state index contributed by atoms with van der Waals surface area (Å²) in [6, 6.07) is 0. The first kappa shape index (κ1) is 10.5. The van der Waals surface area contributed by atoms with Crippen LogP contribution in [0.1, 0.15) is 0 Å². The fourth-order valence-electron chi connectivity index (χ4n) is 0.278. The molecule has 0 spiro atoms. The smallest absolute Gasteiger partial charge is 0.209 e. The second kappa shape index (κ2) is 7.61. The molecule has 0 amide bonds. The van der Waals surface area contributed by atoms with Gasteiger partial charge in [-0.15, -0.1) is 0 Å². The minimum Gasteiger partial charge on any atom is -0.209 e. The average molecular weight is 185 g/mol. The maximum atomic E-state index is 9.60. The van der Waals surface area contributed by atoms with Gasteiger partial charge in [0.05, 0.1) is 0 Å². The number of carbonyl (C=O) groups excluding carboxylic acids is 3. The van der Waals surface area contributed by atoms with Crippen molar-refractivity contribution in [3.8, 4) is 0 Å². The number of isocyanates is 3. The van der Waals surface area contributed by atoms with Gasteiger partial charge in [0.25, 0.3) is 18.2 Å². The molecule has 0 atom stereocenters. The van der Waals surface area contributed by atoms with E-state index in [4.69, 9.17) is 0 Å². The van der Waals surface area contributed by atoms with E-state index >= 15 is 0 Å². The standard InChI is InChI=1S/C3H3N7O3/c11-1-4-7-10(8-5-2-12)9-6-3-13/h7-9H. The monoisotopic (exact) mass is 185 g/mol. The van der Waals surface area contributed by atoms with Crippen molar-refractivity contribution in [1.82, 2.24) is 21.8 Å². The van der Waals surface area contributed by atoms with Crippen molar-refractivity contribution in [3.05, 3.63) is 0 Å². The molecule has 3 N–H and O–H groups in total. The third-order valence-corrected chi connectivity index (χ3v) is 0.587. The number of hydrazine groups is 3. The zero-order valence-corrected chi connectivity index (χ0v) is 6.01. The predicted octanol–water partition coefficient (Wildman–Crippen LogP) is -2.45. The number of hydrogen-bond acceptors (Lipinski definition) is 10. The Morgan fingerprint density at radius 2 is 1.08 bits per heavy atom. The molecule has 13 heavy (non-hydrogen) atoms. The molecule has 0 aliphatic carbocycles. The van der Waals surface area contributed by atoms with Crippen LogP contribution in [0.3, 0.4) is 0 Å². The van der Waals surface area contributed by atoms with Gasteiger partial charge in [0.15, 0.2) is 0 Å². The zero-order chi connectivity index (χ0) is 9.94. The second-order valence-electron chi connectivity index (χ2n) is 1.24. The third-order valence-electron chi connectivity index (χ3n) is 0.587. The van der Waals surface area contributed by atoms with E-state index in [2.05, 4.69) is 15.3 Å². The van der Waals surface area contributed by atoms with Crippen molar-refractivity contribution in [1.29, 1.82) is 0 Å². The van der Waals surface area contributed by atoms with Gasteiger partial charge >= 0.3 is 0 Å². The van der Waals surface area contributed by atoms with E-state index in [1.807, 2.05) is 16.6 Å². The largest absolute Gasteiger partial charge is 0.259 e. The molecular weight excluding hydrogens is 182 g/mol. The Hall–Kier alpha value is -2.50. The normalized spacial score (nSPS) is 7.15. The van der Waals surface area contributed by atoms with Gasteiger partial charge in [-0.1, -0.05) is 15.3 Å². The first-order chi connectivity index (χ1) is 6.35. The number of nitrogens with one attached hydrogen (secondary N) is 3. The summed E-state index contributed by atoms with van der Waals surface area (Å²) in [5.74, 6) is 0. The van der Waals surface area contributed by atoms with Crippen LogP contribution in [-0.2, 0) is 14.4 Å². The molecule has 0 fully saturated rings. The number of rotatable bonds is 6. The van der Waals surface area contributed by atoms with Gasteiger partial charge in [0.1, 0.15) is 0 Å². The van der Waals surface area contributed by atoms with Crippen molar-refractivity contribution < 1.29 is 14.4 Å². The molecule has 0 aliphatic heterocycles. The topological polar surface area (TPSA) is 128 Å². The fraction of sp³-hybridized carbons (Fsp3) is 0. The molecule has 10 nitrogen and oxygen atoms in total. The van der Waals surface area contributed by atoms with E-state index in [1.54, 1.807) is 0 Å². The quantitative estimate of drug-likeness (QED) is 0.238. The third kappa shape index (κ3) is 5.92. The van der Waals surface area contributed by atoms with Gasteiger partial charge in [-0.25, -0.2) is 14.4 Å². The molecule has 0 aromatic rings. The van der Waals surface area contributed by atoms with Gasteiger partial charge in [0, 0.05) is 5.23 Å². The lowest BCUT2D eigenvalue weighted by Gasteiger charge is -2.13. The molecule has 10 heteroatoms. The molecule has 0 radical (unpaired) electrons. The Labute approximate surface area is 70.9 Å². The molecule has 0 heterocycles. The highest BCUT2D eigenvalue weighted by Crippen LogP contribution is 1.67. The van der Waals surface area contributed by atoms with Crippen LogP contribution in [-0.4, -0.2) is 23.5 Å². The molecule has 0 aromatic heterocycles. The molecular formula is C3H3N7O3. The molecule has 68 valence electrons. The van der Waals surface area contributed by atoms with Gasteiger partial charge < -0.3 is 0 Å². The Morgan fingerprint density at radius 1 is 0.769 bits per heavy atom. The highest BCUT2D eigenvalue weighted by molar-refractivity contribution is 5.32. The van der Waals surface area contributed by atoms with Crippen LogP contribution >= 0.6 is 0 Å². The Kier molecular flexibility index (Phi) is 6.14. The van der Waals surface area contributed by atoms with Crippen molar-refractivity contribution >= 4 is 18.2 Å². The van der Waals surface area contributed by atoms with Crippen LogP contribution in [0.4, 0.5) is 0 Å². The first-order valence-electron chi connectivity index (χ1n) is 2.62. The maximum Gasteiger partial charge on any atom is 0.259 e. The summed E-state index contributed by atoms with van der Waals surface area (Å²) >= 11 is 0. The van der Waals surface area contributed by atoms with E-state index in [0.717, 1.165) is 18.2 Å². The van der Waals surface area contributed by atoms with Crippen LogP contribution in [0, 0.1) is 0 Å². The summed E-state index contributed by atoms with van der Waals surface area (Å²) < 4.78 is 0. The summed E-state index contributed by atoms with van der Waals surface area (Å²) in [6.45, 7) is 0. The van der Waals surface area contributed by atoms with E-state index < -0.39 is 0 Å². The first-order valence-corrected chi connectivity index (χ1v) is 2.62. The molecule has 0 saturated heterocycles. The van der Waals surface area contributed by atoms with Crippen LogP contribution in [0.2, 0.25) is 0 Å². The second-order valence-corrected chi connectivity index (χ2v) is 1.24. The molecule has 0 aliphatic rings. The maximum absolute atomic E-state index is 9.60. The number of hydrogen-bond donors (Lipinski definition) is 3. The molecule has 0 aromatic carbocycles. The van der Waals surface area contributed by atoms with Crippen LogP contribution in [0.25, 0.3) is 0 Å². The average Bonchev–Trinajstić information content (AvgIpc) is 2.17. The van der Waals surface area contributed by atoms with Crippen molar-refractivity contribution in [2.45, 2.75) is 0 Å². The van der Waals surface area contributed by atoms with Crippen LogP contribution in [0.5, 0.6) is 0 Å². The highest BCUT2D eigenvalue weighted by Gasteiger charge is 1.96. The number of hydrazone groups is 3. The SMILES string of the molecule is O=C=NNN(NN=C=O)NN=C=O. The van der Waals surface area contributed by atoms with Crippen LogP contribution < -0.4 is 16.6 Å². The Bertz CT molecular complexity index is 236. The van der Waals surface area contributed by atoms with Gasteiger partial charge in [0.2, 0.25) is 0 Å². The summed E-state index contributed by atoms with van der Waals surface area (Å²) in [5, 5.41) is 9.13. The Morgan fingerprint density at radius 3 is 1.31 bits per heavy atom. The van der Waals surface area contributed by atoms with E-state index in [0.29, 0.717) is 5.23 Å². The molecule has 0 rings (SSSR count). The lowest BCUT2D eigenvalue weighted by molar-refractivity contribution is 0.0525. The summed E-state index contributed by atoms with van der Waals surface area (Å²) in [4.78, 5) is 28.8. The van der Waals surface area contributed by atoms with Crippen LogP contribution in [0.15, 0.2) is 15.3 Å². The molecule has 0 saturated carbocycles.